The summed E-state index contributed by atoms with van der Waals surface area (Å²) in [5.74, 6) is 0.406. The molecule has 0 radical (unpaired) electrons. The Morgan fingerprint density at radius 2 is 2.22 bits per heavy atom. The molecule has 1 aromatic rings. The van der Waals surface area contributed by atoms with Crippen molar-refractivity contribution in [1.82, 2.24) is 4.90 Å². The summed E-state index contributed by atoms with van der Waals surface area (Å²) in [5.41, 5.74) is 1.91. The highest BCUT2D eigenvalue weighted by atomic mass is 16.3. The molecule has 0 spiro atoms. The number of carbonyl (C=O) groups excluding carboxylic acids is 1. The molecule has 3 rings (SSSR count). The lowest BCUT2D eigenvalue weighted by molar-refractivity contribution is 0.0688. The second-order valence-electron chi connectivity index (χ2n) is 5.55. The van der Waals surface area contributed by atoms with Gasteiger partial charge in [-0.1, -0.05) is 13.3 Å². The highest BCUT2D eigenvalue weighted by Crippen LogP contribution is 2.43. The smallest absolute Gasteiger partial charge is 0.254 e. The first kappa shape index (κ1) is 11.6. The number of phenols is 1. The van der Waals surface area contributed by atoms with Crippen LogP contribution in [0.2, 0.25) is 0 Å². The van der Waals surface area contributed by atoms with Crippen molar-refractivity contribution in [3.63, 3.8) is 0 Å². The van der Waals surface area contributed by atoms with Crippen LogP contribution in [0.4, 0.5) is 0 Å². The van der Waals surface area contributed by atoms with E-state index in [-0.39, 0.29) is 17.1 Å². The van der Waals surface area contributed by atoms with Gasteiger partial charge < -0.3 is 10.0 Å². The van der Waals surface area contributed by atoms with E-state index in [2.05, 4.69) is 6.92 Å². The van der Waals surface area contributed by atoms with Gasteiger partial charge in [0.15, 0.2) is 0 Å². The van der Waals surface area contributed by atoms with E-state index in [1.165, 1.54) is 0 Å². The topological polar surface area (TPSA) is 40.5 Å². The summed E-state index contributed by atoms with van der Waals surface area (Å²) >= 11 is 0. The maximum atomic E-state index is 12.4. The molecule has 1 fully saturated rings. The lowest BCUT2D eigenvalue weighted by Crippen LogP contribution is -2.48. The van der Waals surface area contributed by atoms with Crippen molar-refractivity contribution in [3.8, 4) is 5.75 Å². The highest BCUT2D eigenvalue weighted by Gasteiger charge is 2.42. The maximum Gasteiger partial charge on any atom is 0.254 e. The second-order valence-corrected chi connectivity index (χ2v) is 5.55. The third-order valence-corrected chi connectivity index (χ3v) is 4.60. The predicted molar refractivity (Wildman–Crippen MR) is 69.8 cm³/mol. The Bertz CT molecular complexity index is 497. The van der Waals surface area contributed by atoms with Crippen LogP contribution in [0.1, 0.15) is 48.5 Å². The van der Waals surface area contributed by atoms with Crippen LogP contribution in [0, 0.1) is 0 Å². The van der Waals surface area contributed by atoms with Crippen LogP contribution in [0.5, 0.6) is 5.75 Å². The standard InChI is InChI=1S/C15H19NO2/c1-2-15-7-3-4-8-16(10-15)14(18)12-6-5-11(17)9-13(12)15/h5-6,9,17H,2-4,7-8,10H2,1H3. The molecule has 96 valence electrons. The first-order valence-corrected chi connectivity index (χ1v) is 6.79. The zero-order valence-electron chi connectivity index (χ0n) is 10.8. The summed E-state index contributed by atoms with van der Waals surface area (Å²) in [6.07, 6.45) is 4.39. The Balaban J connectivity index is 2.21. The van der Waals surface area contributed by atoms with Gasteiger partial charge in [0.05, 0.1) is 0 Å². The van der Waals surface area contributed by atoms with Gasteiger partial charge in [-0.3, -0.25) is 4.79 Å². The Morgan fingerprint density at radius 1 is 1.39 bits per heavy atom. The first-order chi connectivity index (χ1) is 8.66. The molecule has 2 heterocycles. The van der Waals surface area contributed by atoms with Crippen LogP contribution in [0.15, 0.2) is 18.2 Å². The Hall–Kier alpha value is -1.51. The number of nitrogens with zero attached hydrogens (tertiary/aromatic N) is 1. The van der Waals surface area contributed by atoms with E-state index >= 15 is 0 Å². The maximum absolute atomic E-state index is 12.4. The van der Waals surface area contributed by atoms with E-state index < -0.39 is 0 Å². The average Bonchev–Trinajstić information content (AvgIpc) is 2.58. The van der Waals surface area contributed by atoms with Crippen LogP contribution < -0.4 is 0 Å². The highest BCUT2D eigenvalue weighted by molar-refractivity contribution is 5.97. The van der Waals surface area contributed by atoms with Crippen LogP contribution in [-0.2, 0) is 5.41 Å². The van der Waals surface area contributed by atoms with Crippen LogP contribution in [0.25, 0.3) is 0 Å². The van der Waals surface area contributed by atoms with Gasteiger partial charge in [0.1, 0.15) is 5.75 Å². The van der Waals surface area contributed by atoms with E-state index in [1.54, 1.807) is 18.2 Å². The molecule has 0 aliphatic carbocycles. The minimum atomic E-state index is 0.0541. The summed E-state index contributed by atoms with van der Waals surface area (Å²) in [5, 5.41) is 9.73. The molecule has 2 bridgehead atoms. The van der Waals surface area contributed by atoms with Crippen LogP contribution in [-0.4, -0.2) is 29.0 Å². The van der Waals surface area contributed by atoms with E-state index in [4.69, 9.17) is 0 Å². The molecular weight excluding hydrogens is 226 g/mol. The van der Waals surface area contributed by atoms with E-state index in [0.29, 0.717) is 0 Å². The third-order valence-electron chi connectivity index (χ3n) is 4.60. The largest absolute Gasteiger partial charge is 0.508 e. The Morgan fingerprint density at radius 3 is 3.00 bits per heavy atom. The zero-order chi connectivity index (χ0) is 12.8. The van der Waals surface area contributed by atoms with Crippen molar-refractivity contribution in [3.05, 3.63) is 29.3 Å². The molecule has 1 saturated heterocycles. The summed E-state index contributed by atoms with van der Waals surface area (Å²) < 4.78 is 0. The molecule has 1 aromatic carbocycles. The molecule has 18 heavy (non-hydrogen) atoms. The van der Waals surface area contributed by atoms with Gasteiger partial charge in [-0.25, -0.2) is 0 Å². The minimum Gasteiger partial charge on any atom is -0.508 e. The minimum absolute atomic E-state index is 0.0541. The number of hydrogen-bond donors (Lipinski definition) is 1. The number of hydrogen-bond acceptors (Lipinski definition) is 2. The van der Waals surface area contributed by atoms with Gasteiger partial charge in [-0.15, -0.1) is 0 Å². The normalized spacial score (nSPS) is 26.7. The van der Waals surface area contributed by atoms with Crippen molar-refractivity contribution < 1.29 is 9.90 Å². The monoisotopic (exact) mass is 245 g/mol. The number of benzene rings is 1. The number of fused-ring (bicyclic) bond motifs is 4. The fraction of sp³-hybridized carbons (Fsp3) is 0.533. The van der Waals surface area contributed by atoms with Crippen molar-refractivity contribution in [1.29, 1.82) is 0 Å². The average molecular weight is 245 g/mol. The van der Waals surface area contributed by atoms with Crippen LogP contribution >= 0.6 is 0 Å². The quantitative estimate of drug-likeness (QED) is 0.826. The van der Waals surface area contributed by atoms with Gasteiger partial charge in [-0.05, 0) is 43.0 Å². The molecule has 0 saturated carbocycles. The predicted octanol–water partition coefficient (Wildman–Crippen LogP) is 2.68. The number of rotatable bonds is 1. The van der Waals surface area contributed by atoms with Gasteiger partial charge in [0.2, 0.25) is 0 Å². The molecule has 2 aliphatic rings. The molecule has 1 atom stereocenters. The van der Waals surface area contributed by atoms with Crippen molar-refractivity contribution in [2.24, 2.45) is 0 Å². The molecule has 1 amide bonds. The summed E-state index contributed by atoms with van der Waals surface area (Å²) in [6, 6.07) is 5.22. The molecule has 2 aliphatic heterocycles. The van der Waals surface area contributed by atoms with Gasteiger partial charge >= 0.3 is 0 Å². The number of phenolic OH excluding ortho intramolecular Hbond substituents is 1. The molecular formula is C15H19NO2. The first-order valence-electron chi connectivity index (χ1n) is 6.79. The lowest BCUT2D eigenvalue weighted by Gasteiger charge is -2.41. The fourth-order valence-corrected chi connectivity index (χ4v) is 3.49. The van der Waals surface area contributed by atoms with Gasteiger partial charge in [0.25, 0.3) is 5.91 Å². The number of carbonyl (C=O) groups is 1. The fourth-order valence-electron chi connectivity index (χ4n) is 3.49. The molecule has 3 heteroatoms. The van der Waals surface area contributed by atoms with Gasteiger partial charge in [-0.2, -0.15) is 0 Å². The second kappa shape index (κ2) is 4.01. The Labute approximate surface area is 107 Å². The third kappa shape index (κ3) is 1.53. The summed E-state index contributed by atoms with van der Waals surface area (Å²) in [4.78, 5) is 14.4. The van der Waals surface area contributed by atoms with Gasteiger partial charge in [0, 0.05) is 24.1 Å². The molecule has 1 unspecified atom stereocenters. The summed E-state index contributed by atoms with van der Waals surface area (Å²) in [7, 11) is 0. The Kier molecular flexibility index (Phi) is 2.58. The lowest BCUT2D eigenvalue weighted by atomic mass is 9.70. The molecule has 0 aromatic heterocycles. The molecule has 1 N–H and O–H groups in total. The number of amides is 1. The van der Waals surface area contributed by atoms with E-state index in [0.717, 1.165) is 49.9 Å². The van der Waals surface area contributed by atoms with Crippen molar-refractivity contribution >= 4 is 5.91 Å². The van der Waals surface area contributed by atoms with E-state index in [9.17, 15) is 9.90 Å². The number of aromatic hydroxyl groups is 1. The van der Waals surface area contributed by atoms with Crippen molar-refractivity contribution in [2.75, 3.05) is 13.1 Å². The van der Waals surface area contributed by atoms with E-state index in [1.807, 2.05) is 4.90 Å². The van der Waals surface area contributed by atoms with Crippen molar-refractivity contribution in [2.45, 2.75) is 38.0 Å². The SMILES string of the molecule is CCC12CCCCN(C1)C(=O)c1ccc(O)cc12. The summed E-state index contributed by atoms with van der Waals surface area (Å²) in [6.45, 7) is 3.88. The zero-order valence-corrected chi connectivity index (χ0v) is 10.8. The molecule has 3 nitrogen and oxygen atoms in total. The van der Waals surface area contributed by atoms with Crippen LogP contribution in [0.3, 0.4) is 0 Å².